The van der Waals surface area contributed by atoms with E-state index in [0.29, 0.717) is 26.2 Å². The van der Waals surface area contributed by atoms with Gasteiger partial charge >= 0.3 is 0 Å². The van der Waals surface area contributed by atoms with Gasteiger partial charge in [0, 0.05) is 12.6 Å². The zero-order valence-corrected chi connectivity index (χ0v) is 11.3. The summed E-state index contributed by atoms with van der Waals surface area (Å²) >= 11 is 0. The van der Waals surface area contributed by atoms with Gasteiger partial charge in [-0.1, -0.05) is 12.1 Å². The lowest BCUT2D eigenvalue weighted by Crippen LogP contribution is -2.42. The Morgan fingerprint density at radius 1 is 1.32 bits per heavy atom. The van der Waals surface area contributed by atoms with Gasteiger partial charge in [-0.15, -0.1) is 0 Å². The highest BCUT2D eigenvalue weighted by atomic mass is 16.5. The fourth-order valence-electron chi connectivity index (χ4n) is 1.69. The molecule has 1 amide bonds. The summed E-state index contributed by atoms with van der Waals surface area (Å²) < 4.78 is 10.7. The van der Waals surface area contributed by atoms with Crippen molar-refractivity contribution in [3.05, 3.63) is 29.8 Å². The molecule has 0 saturated carbocycles. The molecular formula is C14H20NO4-. The van der Waals surface area contributed by atoms with Crippen LogP contribution in [0.2, 0.25) is 0 Å². The molecule has 5 nitrogen and oxygen atoms in total. The molecule has 1 rings (SSSR count). The van der Waals surface area contributed by atoms with Crippen LogP contribution in [0.25, 0.3) is 0 Å². The summed E-state index contributed by atoms with van der Waals surface area (Å²) in [6.07, 6.45) is -0.629. The molecule has 1 aromatic rings. The van der Waals surface area contributed by atoms with Gasteiger partial charge in [0.2, 0.25) is 0 Å². The van der Waals surface area contributed by atoms with Crippen LogP contribution in [0.4, 0.5) is 4.79 Å². The highest BCUT2D eigenvalue weighted by molar-refractivity contribution is 5.62. The van der Waals surface area contributed by atoms with Gasteiger partial charge in [0.25, 0.3) is 0 Å². The Kier molecular flexibility index (Phi) is 6.74. The third-order valence-corrected chi connectivity index (χ3v) is 2.53. The Hall–Kier alpha value is -1.75. The van der Waals surface area contributed by atoms with Crippen molar-refractivity contribution in [1.29, 1.82) is 0 Å². The maximum Gasteiger partial charge on any atom is 0.134 e. The van der Waals surface area contributed by atoms with Crippen molar-refractivity contribution in [2.24, 2.45) is 0 Å². The number of rotatable bonds is 8. The van der Waals surface area contributed by atoms with E-state index in [9.17, 15) is 9.90 Å². The molecule has 0 radical (unpaired) electrons. The largest absolute Gasteiger partial charge is 0.530 e. The van der Waals surface area contributed by atoms with E-state index in [1.807, 2.05) is 31.2 Å². The molecule has 0 aliphatic carbocycles. The van der Waals surface area contributed by atoms with Crippen LogP contribution in [0, 0.1) is 0 Å². The van der Waals surface area contributed by atoms with E-state index in [4.69, 9.17) is 9.47 Å². The molecule has 0 aromatic heterocycles. The van der Waals surface area contributed by atoms with E-state index in [-0.39, 0.29) is 6.04 Å². The SMILES string of the molecule is CCOCCOc1ccc(CC(C)NC(=O)[O-])cc1. The molecule has 0 heterocycles. The summed E-state index contributed by atoms with van der Waals surface area (Å²) in [6.45, 7) is 5.52. The third kappa shape index (κ3) is 6.67. The number of hydrogen-bond acceptors (Lipinski definition) is 4. The van der Waals surface area contributed by atoms with Gasteiger partial charge in [-0.2, -0.15) is 0 Å². The molecule has 1 N–H and O–H groups in total. The van der Waals surface area contributed by atoms with E-state index in [2.05, 4.69) is 5.32 Å². The van der Waals surface area contributed by atoms with E-state index in [1.54, 1.807) is 6.92 Å². The van der Waals surface area contributed by atoms with E-state index in [1.165, 1.54) is 0 Å². The molecular weight excluding hydrogens is 246 g/mol. The molecule has 1 aromatic carbocycles. The first-order valence-electron chi connectivity index (χ1n) is 6.38. The van der Waals surface area contributed by atoms with Gasteiger partial charge in [0.15, 0.2) is 0 Å². The first-order valence-corrected chi connectivity index (χ1v) is 6.38. The molecule has 0 saturated heterocycles. The Labute approximate surface area is 113 Å². The van der Waals surface area contributed by atoms with Crippen LogP contribution in [-0.2, 0) is 11.2 Å². The van der Waals surface area contributed by atoms with Crippen molar-refractivity contribution < 1.29 is 19.4 Å². The van der Waals surface area contributed by atoms with Gasteiger partial charge in [-0.25, -0.2) is 0 Å². The van der Waals surface area contributed by atoms with E-state index in [0.717, 1.165) is 11.3 Å². The lowest BCUT2D eigenvalue weighted by molar-refractivity contribution is -0.251. The van der Waals surface area contributed by atoms with Gasteiger partial charge < -0.3 is 24.7 Å². The van der Waals surface area contributed by atoms with Crippen molar-refractivity contribution in [2.75, 3.05) is 19.8 Å². The molecule has 0 bridgehead atoms. The summed E-state index contributed by atoms with van der Waals surface area (Å²) in [5, 5.41) is 12.7. The van der Waals surface area contributed by atoms with Crippen molar-refractivity contribution in [1.82, 2.24) is 5.32 Å². The Bertz CT molecular complexity index is 378. The second kappa shape index (κ2) is 8.37. The second-order valence-electron chi connectivity index (χ2n) is 4.23. The fourth-order valence-corrected chi connectivity index (χ4v) is 1.69. The van der Waals surface area contributed by atoms with Crippen LogP contribution in [-0.4, -0.2) is 32.0 Å². The second-order valence-corrected chi connectivity index (χ2v) is 4.23. The van der Waals surface area contributed by atoms with Crippen LogP contribution < -0.4 is 15.2 Å². The molecule has 19 heavy (non-hydrogen) atoms. The molecule has 0 fully saturated rings. The molecule has 0 aliphatic rings. The minimum absolute atomic E-state index is 0.172. The first-order chi connectivity index (χ1) is 9.11. The quantitative estimate of drug-likeness (QED) is 0.712. The zero-order chi connectivity index (χ0) is 14.1. The van der Waals surface area contributed by atoms with Crippen LogP contribution in [0.5, 0.6) is 5.75 Å². The maximum atomic E-state index is 10.4. The number of benzene rings is 1. The highest BCUT2D eigenvalue weighted by Gasteiger charge is 2.03. The average molecular weight is 266 g/mol. The smallest absolute Gasteiger partial charge is 0.134 e. The number of ether oxygens (including phenoxy) is 2. The minimum atomic E-state index is -1.25. The summed E-state index contributed by atoms with van der Waals surface area (Å²) in [5.41, 5.74) is 1.04. The number of amides is 1. The van der Waals surface area contributed by atoms with E-state index >= 15 is 0 Å². The minimum Gasteiger partial charge on any atom is -0.530 e. The number of carbonyl (C=O) groups is 1. The Morgan fingerprint density at radius 3 is 2.58 bits per heavy atom. The lowest BCUT2D eigenvalue weighted by atomic mass is 10.1. The van der Waals surface area contributed by atoms with E-state index < -0.39 is 6.09 Å². The summed E-state index contributed by atoms with van der Waals surface area (Å²) in [4.78, 5) is 10.4. The van der Waals surface area contributed by atoms with Gasteiger partial charge in [0.1, 0.15) is 18.4 Å². The van der Waals surface area contributed by atoms with Crippen LogP contribution in [0.1, 0.15) is 19.4 Å². The molecule has 1 atom stereocenters. The Balaban J connectivity index is 2.36. The molecule has 0 aliphatic heterocycles. The van der Waals surface area contributed by atoms with Crippen molar-refractivity contribution >= 4 is 6.09 Å². The van der Waals surface area contributed by atoms with Gasteiger partial charge in [-0.05, 0) is 38.0 Å². The number of carboxylic acid groups (broad SMARTS) is 1. The van der Waals surface area contributed by atoms with Crippen molar-refractivity contribution in [2.45, 2.75) is 26.3 Å². The first kappa shape index (κ1) is 15.3. The molecule has 1 unspecified atom stereocenters. The summed E-state index contributed by atoms with van der Waals surface area (Å²) in [6, 6.07) is 7.40. The van der Waals surface area contributed by atoms with Crippen molar-refractivity contribution in [3.8, 4) is 5.75 Å². The summed E-state index contributed by atoms with van der Waals surface area (Å²) in [5.74, 6) is 0.781. The van der Waals surface area contributed by atoms with Crippen LogP contribution in [0.3, 0.4) is 0 Å². The number of carbonyl (C=O) groups excluding carboxylic acids is 1. The zero-order valence-electron chi connectivity index (χ0n) is 11.3. The molecule has 5 heteroatoms. The average Bonchev–Trinajstić information content (AvgIpc) is 2.35. The predicted molar refractivity (Wildman–Crippen MR) is 70.1 cm³/mol. The van der Waals surface area contributed by atoms with Crippen molar-refractivity contribution in [3.63, 3.8) is 0 Å². The highest BCUT2D eigenvalue weighted by Crippen LogP contribution is 2.13. The van der Waals surface area contributed by atoms with Gasteiger partial charge in [-0.3, -0.25) is 0 Å². The Morgan fingerprint density at radius 2 is 2.00 bits per heavy atom. The van der Waals surface area contributed by atoms with Crippen LogP contribution >= 0.6 is 0 Å². The standard InChI is InChI=1S/C14H21NO4/c1-3-18-8-9-19-13-6-4-12(5-7-13)10-11(2)15-14(16)17/h4-7,11,15H,3,8-10H2,1-2H3,(H,16,17)/p-1. The fraction of sp³-hybridized carbons (Fsp3) is 0.500. The number of nitrogens with one attached hydrogen (secondary N) is 1. The molecule has 0 spiro atoms. The lowest BCUT2D eigenvalue weighted by Gasteiger charge is -2.15. The topological polar surface area (TPSA) is 70.6 Å². The third-order valence-electron chi connectivity index (χ3n) is 2.53. The van der Waals surface area contributed by atoms with Crippen LogP contribution in [0.15, 0.2) is 24.3 Å². The number of hydrogen-bond donors (Lipinski definition) is 1. The predicted octanol–water partition coefficient (Wildman–Crippen LogP) is 0.966. The maximum absolute atomic E-state index is 10.4. The molecule has 106 valence electrons. The normalized spacial score (nSPS) is 11.9. The summed E-state index contributed by atoms with van der Waals surface area (Å²) in [7, 11) is 0. The van der Waals surface area contributed by atoms with Gasteiger partial charge in [0.05, 0.1) is 6.61 Å². The monoisotopic (exact) mass is 266 g/mol.